The number of amides is 3. The van der Waals surface area contributed by atoms with Gasteiger partial charge in [-0.3, -0.25) is 14.4 Å². The molecule has 0 aliphatic carbocycles. The molecule has 6 unspecified atom stereocenters. The van der Waals surface area contributed by atoms with Gasteiger partial charge in [-0.05, 0) is 26.2 Å². The number of carbonyl (C=O) groups excluding carboxylic acids is 3. The Morgan fingerprint density at radius 3 is 1.72 bits per heavy atom. The first kappa shape index (κ1) is 26.7. The molecule has 0 radical (unpaired) electrons. The summed E-state index contributed by atoms with van der Waals surface area (Å²) in [7, 11) is 0. The molecule has 0 aromatic carbocycles. The van der Waals surface area contributed by atoms with Crippen molar-refractivity contribution in [1.82, 2.24) is 16.0 Å². The molecule has 3 amide bonds. The molecule has 0 aliphatic rings. The molecule has 0 bridgehead atoms. The van der Waals surface area contributed by atoms with E-state index in [9.17, 15) is 39.6 Å². The number of nitrogens with two attached hydrogens (primary N) is 1. The van der Waals surface area contributed by atoms with Crippen molar-refractivity contribution in [3.05, 3.63) is 0 Å². The highest BCUT2D eigenvalue weighted by atomic mass is 16.4. The lowest BCUT2D eigenvalue weighted by Crippen LogP contribution is -2.61. The number of hydrogen-bond acceptors (Lipinski definition) is 8. The van der Waals surface area contributed by atoms with Crippen molar-refractivity contribution in [3.63, 3.8) is 0 Å². The van der Waals surface area contributed by atoms with Gasteiger partial charge in [0.05, 0.1) is 18.8 Å². The van der Waals surface area contributed by atoms with Gasteiger partial charge in [-0.2, -0.15) is 0 Å². The Bertz CT molecular complexity index is 582. The normalized spacial score (nSPS) is 17.4. The number of carboxylic acid groups (broad SMARTS) is 1. The number of aliphatic carboxylic acids is 1. The number of aliphatic hydroxyl groups is 3. The molecule has 0 rings (SSSR count). The minimum absolute atomic E-state index is 0.0388. The van der Waals surface area contributed by atoms with Gasteiger partial charge in [0.15, 0.2) is 0 Å². The summed E-state index contributed by atoms with van der Waals surface area (Å²) in [6, 6.07) is -5.61. The third kappa shape index (κ3) is 9.17. The van der Waals surface area contributed by atoms with Gasteiger partial charge in [0.2, 0.25) is 17.7 Å². The molecule has 0 spiro atoms. The molecule has 6 atom stereocenters. The Morgan fingerprint density at radius 2 is 1.34 bits per heavy atom. The van der Waals surface area contributed by atoms with Crippen molar-refractivity contribution in [2.24, 2.45) is 11.7 Å². The maximum Gasteiger partial charge on any atom is 0.326 e. The Hall–Kier alpha value is -2.28. The molecule has 0 fully saturated rings. The highest BCUT2D eigenvalue weighted by molar-refractivity contribution is 5.94. The molecule has 12 heteroatoms. The molecular weight excluding hydrogens is 388 g/mol. The molecule has 0 aromatic rings. The van der Waals surface area contributed by atoms with Gasteiger partial charge in [-0.1, -0.05) is 13.8 Å². The van der Waals surface area contributed by atoms with Crippen molar-refractivity contribution in [1.29, 1.82) is 0 Å². The fraction of sp³-hybridized carbons (Fsp3) is 0.765. The van der Waals surface area contributed by atoms with Crippen molar-refractivity contribution in [3.8, 4) is 0 Å². The summed E-state index contributed by atoms with van der Waals surface area (Å²) in [6.45, 7) is 5.16. The van der Waals surface area contributed by atoms with E-state index in [2.05, 4.69) is 16.0 Å². The predicted molar refractivity (Wildman–Crippen MR) is 101 cm³/mol. The zero-order valence-electron chi connectivity index (χ0n) is 17.0. The number of carboxylic acids is 1. The van der Waals surface area contributed by atoms with Gasteiger partial charge in [0, 0.05) is 0 Å². The van der Waals surface area contributed by atoms with Gasteiger partial charge >= 0.3 is 5.97 Å². The fourth-order valence-electron chi connectivity index (χ4n) is 2.29. The second kappa shape index (κ2) is 12.3. The van der Waals surface area contributed by atoms with Crippen LogP contribution in [0.5, 0.6) is 0 Å². The van der Waals surface area contributed by atoms with E-state index in [-0.39, 0.29) is 12.3 Å². The first-order valence-corrected chi connectivity index (χ1v) is 9.18. The van der Waals surface area contributed by atoms with Gasteiger partial charge in [-0.25, -0.2) is 4.79 Å². The average molecular weight is 420 g/mol. The van der Waals surface area contributed by atoms with Crippen molar-refractivity contribution < 1.29 is 39.6 Å². The zero-order valence-corrected chi connectivity index (χ0v) is 17.0. The molecular formula is C17H32N4O8. The van der Waals surface area contributed by atoms with Crippen molar-refractivity contribution in [2.45, 2.75) is 70.5 Å². The number of rotatable bonds is 12. The molecule has 168 valence electrons. The number of hydrogen-bond donors (Lipinski definition) is 8. The Labute approximate surface area is 168 Å². The molecule has 12 nitrogen and oxygen atoms in total. The average Bonchev–Trinajstić information content (AvgIpc) is 2.61. The van der Waals surface area contributed by atoms with E-state index in [1.807, 2.05) is 0 Å². The van der Waals surface area contributed by atoms with Crippen LogP contribution < -0.4 is 21.7 Å². The summed E-state index contributed by atoms with van der Waals surface area (Å²) < 4.78 is 0. The van der Waals surface area contributed by atoms with Crippen LogP contribution in [-0.2, 0) is 19.2 Å². The standard InChI is InChI=1S/C17H32N4O8/c1-7(2)5-10(17(28)29)19-16(27)13(9(4)24)21-14(25)11(6-22)20-15(26)12(18)8(3)23/h7-13,22-24H,5-6,18H2,1-4H3,(H,19,27)(H,20,26)(H,21,25)(H,28,29). The third-order valence-corrected chi connectivity index (χ3v) is 4.02. The fourth-order valence-corrected chi connectivity index (χ4v) is 2.29. The van der Waals surface area contributed by atoms with Crippen LogP contribution in [0.3, 0.4) is 0 Å². The van der Waals surface area contributed by atoms with Crippen LogP contribution in [0, 0.1) is 5.92 Å². The summed E-state index contributed by atoms with van der Waals surface area (Å²) in [5.74, 6) is -4.16. The van der Waals surface area contributed by atoms with E-state index in [1.54, 1.807) is 13.8 Å². The quantitative estimate of drug-likeness (QED) is 0.158. The minimum atomic E-state index is -1.53. The van der Waals surface area contributed by atoms with Crippen LogP contribution in [0.25, 0.3) is 0 Å². The second-order valence-electron chi connectivity index (χ2n) is 7.27. The Morgan fingerprint density at radius 1 is 0.828 bits per heavy atom. The smallest absolute Gasteiger partial charge is 0.326 e. The van der Waals surface area contributed by atoms with E-state index in [0.29, 0.717) is 0 Å². The van der Waals surface area contributed by atoms with Gasteiger partial charge in [0.1, 0.15) is 24.2 Å². The van der Waals surface area contributed by atoms with E-state index in [1.165, 1.54) is 13.8 Å². The van der Waals surface area contributed by atoms with Crippen LogP contribution >= 0.6 is 0 Å². The van der Waals surface area contributed by atoms with Crippen LogP contribution in [-0.4, -0.2) is 87.1 Å². The van der Waals surface area contributed by atoms with Gasteiger partial charge in [-0.15, -0.1) is 0 Å². The molecule has 0 aliphatic heterocycles. The van der Waals surface area contributed by atoms with E-state index >= 15 is 0 Å². The lowest BCUT2D eigenvalue weighted by Gasteiger charge is -2.26. The van der Waals surface area contributed by atoms with Crippen LogP contribution in [0.1, 0.15) is 34.1 Å². The molecule has 9 N–H and O–H groups in total. The summed E-state index contributed by atoms with van der Waals surface area (Å²) in [5, 5.41) is 44.3. The second-order valence-corrected chi connectivity index (χ2v) is 7.27. The van der Waals surface area contributed by atoms with Crippen molar-refractivity contribution in [2.75, 3.05) is 6.61 Å². The first-order valence-electron chi connectivity index (χ1n) is 9.18. The zero-order chi connectivity index (χ0) is 22.9. The number of aliphatic hydroxyl groups excluding tert-OH is 3. The minimum Gasteiger partial charge on any atom is -0.480 e. The van der Waals surface area contributed by atoms with Crippen molar-refractivity contribution >= 4 is 23.7 Å². The topological polar surface area (TPSA) is 211 Å². The van der Waals surface area contributed by atoms with Gasteiger partial charge < -0.3 is 42.1 Å². The number of nitrogens with one attached hydrogen (secondary N) is 3. The molecule has 0 heterocycles. The van der Waals surface area contributed by atoms with Crippen LogP contribution in [0.15, 0.2) is 0 Å². The molecule has 0 aromatic heterocycles. The predicted octanol–water partition coefficient (Wildman–Crippen LogP) is -3.35. The third-order valence-electron chi connectivity index (χ3n) is 4.02. The lowest BCUT2D eigenvalue weighted by molar-refractivity contribution is -0.143. The lowest BCUT2D eigenvalue weighted by atomic mass is 10.0. The molecule has 0 saturated carbocycles. The van der Waals surface area contributed by atoms with Crippen LogP contribution in [0.2, 0.25) is 0 Å². The Kier molecular flexibility index (Phi) is 11.3. The first-order chi connectivity index (χ1) is 13.3. The summed E-state index contributed by atoms with van der Waals surface area (Å²) >= 11 is 0. The summed E-state index contributed by atoms with van der Waals surface area (Å²) in [5.41, 5.74) is 5.45. The highest BCUT2D eigenvalue weighted by Gasteiger charge is 2.33. The largest absolute Gasteiger partial charge is 0.480 e. The summed E-state index contributed by atoms with van der Waals surface area (Å²) in [4.78, 5) is 47.9. The molecule has 0 saturated heterocycles. The monoisotopic (exact) mass is 420 g/mol. The highest BCUT2D eigenvalue weighted by Crippen LogP contribution is 2.06. The Balaban J connectivity index is 5.20. The van der Waals surface area contributed by atoms with Crippen LogP contribution in [0.4, 0.5) is 0 Å². The van der Waals surface area contributed by atoms with E-state index in [0.717, 1.165) is 0 Å². The summed E-state index contributed by atoms with van der Waals surface area (Å²) in [6.07, 6.45) is -2.47. The van der Waals surface area contributed by atoms with Gasteiger partial charge in [0.25, 0.3) is 0 Å². The number of carbonyl (C=O) groups is 4. The SMILES string of the molecule is CC(C)CC(NC(=O)C(NC(=O)C(CO)NC(=O)C(N)C(C)O)C(C)O)C(=O)O. The maximum atomic E-state index is 12.4. The molecule has 29 heavy (non-hydrogen) atoms. The van der Waals surface area contributed by atoms with E-state index in [4.69, 9.17) is 5.73 Å². The van der Waals surface area contributed by atoms with E-state index < -0.39 is 66.7 Å². The maximum absolute atomic E-state index is 12.4.